The van der Waals surface area contributed by atoms with Gasteiger partial charge in [0.1, 0.15) is 5.57 Å². The summed E-state index contributed by atoms with van der Waals surface area (Å²) in [5.41, 5.74) is -0.0749. The SMILES string of the molecule is CCOc1cc(/C=C2\C(=O)NC(=O)N(c3ccc([N+](=O)[O-])cc3)C2=O)ccc1O. The Morgan fingerprint density at radius 3 is 2.48 bits per heavy atom. The van der Waals surface area contributed by atoms with Crippen LogP contribution in [0.5, 0.6) is 11.5 Å². The van der Waals surface area contributed by atoms with Gasteiger partial charge in [0, 0.05) is 12.1 Å². The van der Waals surface area contributed by atoms with E-state index in [1.54, 1.807) is 6.92 Å². The largest absolute Gasteiger partial charge is 0.504 e. The molecule has 1 fully saturated rings. The molecular formula is C19H15N3O7. The molecule has 10 heteroatoms. The molecule has 1 saturated heterocycles. The van der Waals surface area contributed by atoms with Crippen LogP contribution in [0.15, 0.2) is 48.0 Å². The molecule has 29 heavy (non-hydrogen) atoms. The molecule has 2 aromatic carbocycles. The second-order valence-corrected chi connectivity index (χ2v) is 5.89. The van der Waals surface area contributed by atoms with E-state index in [1.165, 1.54) is 36.4 Å². The minimum absolute atomic E-state index is 0.0669. The highest BCUT2D eigenvalue weighted by Gasteiger charge is 2.37. The maximum atomic E-state index is 12.8. The van der Waals surface area contributed by atoms with Crippen molar-refractivity contribution in [2.24, 2.45) is 0 Å². The number of barbiturate groups is 1. The third-order valence-corrected chi connectivity index (χ3v) is 4.02. The molecule has 0 spiro atoms. The van der Waals surface area contributed by atoms with Gasteiger partial charge in [-0.2, -0.15) is 0 Å². The first kappa shape index (κ1) is 19.5. The molecule has 148 valence electrons. The predicted octanol–water partition coefficient (Wildman–Crippen LogP) is 2.37. The first-order chi connectivity index (χ1) is 13.8. The molecule has 0 aromatic heterocycles. The minimum Gasteiger partial charge on any atom is -0.504 e. The molecule has 0 aliphatic carbocycles. The third-order valence-electron chi connectivity index (χ3n) is 4.02. The van der Waals surface area contributed by atoms with E-state index in [-0.39, 0.29) is 28.4 Å². The first-order valence-electron chi connectivity index (χ1n) is 8.43. The number of nitrogens with one attached hydrogen (secondary N) is 1. The van der Waals surface area contributed by atoms with Crippen LogP contribution in [-0.4, -0.2) is 34.5 Å². The Labute approximate surface area is 164 Å². The molecule has 1 heterocycles. The Morgan fingerprint density at radius 2 is 1.86 bits per heavy atom. The number of hydrogen-bond donors (Lipinski definition) is 2. The fourth-order valence-electron chi connectivity index (χ4n) is 2.67. The topological polar surface area (TPSA) is 139 Å². The summed E-state index contributed by atoms with van der Waals surface area (Å²) in [7, 11) is 0. The van der Waals surface area contributed by atoms with E-state index in [1.807, 2.05) is 0 Å². The standard InChI is InChI=1S/C19H15N3O7/c1-2-29-16-10-11(3-8-15(16)23)9-14-17(24)20-19(26)21(18(14)25)12-4-6-13(7-5-12)22(27)28/h3-10,23H,2H2,1H3,(H,20,24,26)/b14-9+. The summed E-state index contributed by atoms with van der Waals surface area (Å²) in [6, 6.07) is 8.05. The number of carbonyl (C=O) groups excluding carboxylic acids is 3. The summed E-state index contributed by atoms with van der Waals surface area (Å²) in [6.45, 7) is 2.03. The Hall–Kier alpha value is -4.21. The van der Waals surface area contributed by atoms with E-state index in [0.29, 0.717) is 17.1 Å². The number of ether oxygens (including phenoxy) is 1. The molecule has 2 N–H and O–H groups in total. The van der Waals surface area contributed by atoms with Crippen molar-refractivity contribution in [3.05, 3.63) is 63.7 Å². The van der Waals surface area contributed by atoms with Crippen LogP contribution in [0, 0.1) is 10.1 Å². The van der Waals surface area contributed by atoms with Gasteiger partial charge >= 0.3 is 6.03 Å². The van der Waals surface area contributed by atoms with Crippen molar-refractivity contribution < 1.29 is 29.2 Å². The van der Waals surface area contributed by atoms with Gasteiger partial charge < -0.3 is 9.84 Å². The van der Waals surface area contributed by atoms with E-state index in [4.69, 9.17) is 4.74 Å². The van der Waals surface area contributed by atoms with Gasteiger partial charge in [-0.15, -0.1) is 0 Å². The number of benzene rings is 2. The second-order valence-electron chi connectivity index (χ2n) is 5.89. The predicted molar refractivity (Wildman–Crippen MR) is 101 cm³/mol. The molecule has 2 aromatic rings. The molecule has 0 radical (unpaired) electrons. The third kappa shape index (κ3) is 3.90. The highest BCUT2D eigenvalue weighted by atomic mass is 16.6. The van der Waals surface area contributed by atoms with Gasteiger partial charge in [0.05, 0.1) is 17.2 Å². The van der Waals surface area contributed by atoms with Crippen LogP contribution in [0.4, 0.5) is 16.2 Å². The number of amides is 4. The number of nitro benzene ring substituents is 1. The molecule has 4 amide bonds. The number of nitrogens with zero attached hydrogens (tertiary/aromatic N) is 2. The summed E-state index contributed by atoms with van der Waals surface area (Å²) in [6.07, 6.45) is 1.25. The van der Waals surface area contributed by atoms with E-state index in [0.717, 1.165) is 12.1 Å². The summed E-state index contributed by atoms with van der Waals surface area (Å²) in [5.74, 6) is -1.70. The number of anilines is 1. The highest BCUT2D eigenvalue weighted by Crippen LogP contribution is 2.29. The smallest absolute Gasteiger partial charge is 0.335 e. The number of non-ortho nitro benzene ring substituents is 1. The second kappa shape index (κ2) is 7.80. The van der Waals surface area contributed by atoms with Crippen LogP contribution in [0.1, 0.15) is 12.5 Å². The number of carbonyl (C=O) groups is 3. The number of urea groups is 1. The van der Waals surface area contributed by atoms with Gasteiger partial charge in [-0.3, -0.25) is 25.0 Å². The number of nitro groups is 1. The number of rotatable bonds is 5. The van der Waals surface area contributed by atoms with Gasteiger partial charge in [-0.25, -0.2) is 9.69 Å². The Bertz CT molecular complexity index is 1040. The van der Waals surface area contributed by atoms with E-state index < -0.39 is 22.8 Å². The normalized spacial score (nSPS) is 15.4. The average molecular weight is 397 g/mol. The number of aromatic hydroxyl groups is 1. The van der Waals surface area contributed by atoms with Gasteiger partial charge in [-0.1, -0.05) is 6.07 Å². The van der Waals surface area contributed by atoms with Crippen molar-refractivity contribution in [3.8, 4) is 11.5 Å². The van der Waals surface area contributed by atoms with Crippen molar-refractivity contribution >= 4 is 35.3 Å². The summed E-state index contributed by atoms with van der Waals surface area (Å²) >= 11 is 0. The van der Waals surface area contributed by atoms with Crippen LogP contribution in [0.3, 0.4) is 0 Å². The monoisotopic (exact) mass is 397 g/mol. The van der Waals surface area contributed by atoms with Gasteiger partial charge in [-0.05, 0) is 42.8 Å². The Balaban J connectivity index is 1.97. The fourth-order valence-corrected chi connectivity index (χ4v) is 2.67. The van der Waals surface area contributed by atoms with Crippen LogP contribution in [0.25, 0.3) is 6.08 Å². The van der Waals surface area contributed by atoms with Gasteiger partial charge in [0.15, 0.2) is 11.5 Å². The zero-order valence-electron chi connectivity index (χ0n) is 15.1. The number of phenols is 1. The molecule has 0 bridgehead atoms. The molecule has 10 nitrogen and oxygen atoms in total. The molecular weight excluding hydrogens is 382 g/mol. The number of hydrogen-bond acceptors (Lipinski definition) is 7. The minimum atomic E-state index is -0.966. The van der Waals surface area contributed by atoms with Crippen LogP contribution in [0.2, 0.25) is 0 Å². The number of imide groups is 2. The summed E-state index contributed by atoms with van der Waals surface area (Å²) in [5, 5.41) is 22.6. The Morgan fingerprint density at radius 1 is 1.17 bits per heavy atom. The van der Waals surface area contributed by atoms with E-state index in [9.17, 15) is 29.6 Å². The fraction of sp³-hybridized carbons (Fsp3) is 0.105. The van der Waals surface area contributed by atoms with Crippen LogP contribution < -0.4 is 15.0 Å². The zero-order valence-corrected chi connectivity index (χ0v) is 15.1. The lowest BCUT2D eigenvalue weighted by Crippen LogP contribution is -2.54. The quantitative estimate of drug-likeness (QED) is 0.342. The lowest BCUT2D eigenvalue weighted by Gasteiger charge is -2.26. The van der Waals surface area contributed by atoms with Crippen molar-refractivity contribution in [3.63, 3.8) is 0 Å². The van der Waals surface area contributed by atoms with Crippen molar-refractivity contribution in [1.82, 2.24) is 5.32 Å². The average Bonchev–Trinajstić information content (AvgIpc) is 2.68. The number of phenolic OH excluding ortho intramolecular Hbond substituents is 1. The Kier molecular flexibility index (Phi) is 5.26. The van der Waals surface area contributed by atoms with E-state index in [2.05, 4.69) is 5.32 Å². The highest BCUT2D eigenvalue weighted by molar-refractivity contribution is 6.39. The molecule has 0 unspecified atom stereocenters. The van der Waals surface area contributed by atoms with Crippen molar-refractivity contribution in [1.29, 1.82) is 0 Å². The van der Waals surface area contributed by atoms with Crippen molar-refractivity contribution in [2.45, 2.75) is 6.92 Å². The van der Waals surface area contributed by atoms with Crippen LogP contribution >= 0.6 is 0 Å². The van der Waals surface area contributed by atoms with Crippen LogP contribution in [-0.2, 0) is 9.59 Å². The zero-order chi connectivity index (χ0) is 21.1. The first-order valence-corrected chi connectivity index (χ1v) is 8.43. The maximum Gasteiger partial charge on any atom is 0.335 e. The molecule has 1 aliphatic heterocycles. The summed E-state index contributed by atoms with van der Waals surface area (Å²) in [4.78, 5) is 48.1. The lowest BCUT2D eigenvalue weighted by atomic mass is 10.1. The molecule has 0 saturated carbocycles. The van der Waals surface area contributed by atoms with E-state index >= 15 is 0 Å². The lowest BCUT2D eigenvalue weighted by molar-refractivity contribution is -0.384. The van der Waals surface area contributed by atoms with Gasteiger partial charge in [0.25, 0.3) is 17.5 Å². The molecule has 3 rings (SSSR count). The van der Waals surface area contributed by atoms with Gasteiger partial charge in [0.2, 0.25) is 0 Å². The molecule has 0 atom stereocenters. The maximum absolute atomic E-state index is 12.8. The summed E-state index contributed by atoms with van der Waals surface area (Å²) < 4.78 is 5.27. The molecule has 1 aliphatic rings. The van der Waals surface area contributed by atoms with Crippen molar-refractivity contribution in [2.75, 3.05) is 11.5 Å².